The number of aromatic nitrogens is 1. The average Bonchev–Trinajstić information content (AvgIpc) is 3.49. The molecule has 308 valence electrons. The molecule has 2 fully saturated rings. The fraction of sp³-hybridized carbons (Fsp3) is 0.372. The number of nitrogens with one attached hydrogen (secondary N) is 3. The lowest BCUT2D eigenvalue weighted by Gasteiger charge is -2.32. The second-order valence-electron chi connectivity index (χ2n) is 14.8. The lowest BCUT2D eigenvalue weighted by atomic mass is 9.73. The normalized spacial score (nSPS) is 19.6. The number of ether oxygens (including phenoxy) is 3. The van der Waals surface area contributed by atoms with Crippen LogP contribution in [0.3, 0.4) is 0 Å². The highest BCUT2D eigenvalue weighted by atomic mass is 35.5. The summed E-state index contributed by atoms with van der Waals surface area (Å²) in [5.41, 5.74) is 2.43. The Morgan fingerprint density at radius 1 is 0.932 bits per heavy atom. The summed E-state index contributed by atoms with van der Waals surface area (Å²) in [4.78, 5) is 81.2. The summed E-state index contributed by atoms with van der Waals surface area (Å²) in [6, 6.07) is 15.0. The molecule has 14 nitrogen and oxygen atoms in total. The minimum Gasteiger partial charge on any atom is -0.490 e. The molecule has 1 unspecified atom stereocenters. The zero-order valence-electron chi connectivity index (χ0n) is 32.3. The molecule has 59 heavy (non-hydrogen) atoms. The van der Waals surface area contributed by atoms with Crippen LogP contribution in [-0.4, -0.2) is 84.3 Å². The first-order valence-electron chi connectivity index (χ1n) is 19.6. The molecular weight excluding hydrogens is 785 g/mol. The van der Waals surface area contributed by atoms with Crippen LogP contribution in [0.4, 0.5) is 10.1 Å². The molecule has 2 atom stereocenters. The van der Waals surface area contributed by atoms with Gasteiger partial charge in [-0.1, -0.05) is 24.6 Å². The van der Waals surface area contributed by atoms with E-state index >= 15 is 0 Å². The van der Waals surface area contributed by atoms with Gasteiger partial charge in [-0.05, 0) is 98.0 Å². The van der Waals surface area contributed by atoms with Crippen molar-refractivity contribution in [2.45, 2.75) is 57.4 Å². The molecule has 1 aromatic heterocycles. The van der Waals surface area contributed by atoms with Gasteiger partial charge in [0.1, 0.15) is 30.0 Å². The van der Waals surface area contributed by atoms with E-state index in [2.05, 4.69) is 20.9 Å². The van der Waals surface area contributed by atoms with Crippen molar-refractivity contribution >= 4 is 63.6 Å². The number of benzene rings is 3. The van der Waals surface area contributed by atoms with Crippen molar-refractivity contribution in [3.8, 4) is 11.5 Å². The third-order valence-electron chi connectivity index (χ3n) is 11.1. The fourth-order valence-electron chi connectivity index (χ4n) is 7.96. The van der Waals surface area contributed by atoms with Gasteiger partial charge in [0, 0.05) is 42.2 Å². The average molecular weight is 828 g/mol. The highest BCUT2D eigenvalue weighted by Crippen LogP contribution is 2.41. The number of carbonyl (C=O) groups is 6. The summed E-state index contributed by atoms with van der Waals surface area (Å²) in [6.45, 7) is 2.13. The topological polar surface area (TPSA) is 182 Å². The van der Waals surface area contributed by atoms with E-state index < -0.39 is 42.2 Å². The molecule has 2 aliphatic heterocycles. The molecule has 0 radical (unpaired) electrons. The van der Waals surface area contributed by atoms with Crippen molar-refractivity contribution in [3.05, 3.63) is 94.4 Å². The zero-order valence-corrected chi connectivity index (χ0v) is 33.0. The molecule has 1 saturated carbocycles. The third-order valence-corrected chi connectivity index (χ3v) is 11.4. The van der Waals surface area contributed by atoms with Gasteiger partial charge >= 0.3 is 0 Å². The minimum absolute atomic E-state index is 0.00430. The van der Waals surface area contributed by atoms with Crippen LogP contribution < -0.4 is 25.4 Å². The number of halogens is 2. The van der Waals surface area contributed by atoms with Crippen molar-refractivity contribution in [2.75, 3.05) is 38.3 Å². The Balaban J connectivity index is 0.803. The molecule has 1 saturated heterocycles. The smallest absolute Gasteiger partial charge is 0.266 e. The van der Waals surface area contributed by atoms with Gasteiger partial charge in [0.25, 0.3) is 17.7 Å². The summed E-state index contributed by atoms with van der Waals surface area (Å²) in [7, 11) is 0. The second-order valence-corrected chi connectivity index (χ2v) is 15.2. The van der Waals surface area contributed by atoms with Crippen molar-refractivity contribution in [2.24, 2.45) is 11.8 Å². The lowest BCUT2D eigenvalue weighted by molar-refractivity contribution is -0.136. The number of amides is 6. The van der Waals surface area contributed by atoms with E-state index in [4.69, 9.17) is 25.8 Å². The molecular formula is C43H43ClFN5O9. The van der Waals surface area contributed by atoms with Crippen LogP contribution in [0.5, 0.6) is 11.5 Å². The van der Waals surface area contributed by atoms with E-state index in [9.17, 15) is 33.2 Å². The van der Waals surface area contributed by atoms with Gasteiger partial charge < -0.3 is 24.8 Å². The fourth-order valence-corrected chi connectivity index (χ4v) is 8.13. The maximum absolute atomic E-state index is 14.0. The van der Waals surface area contributed by atoms with E-state index in [1.54, 1.807) is 36.5 Å². The molecule has 3 aliphatic rings. The number of rotatable bonds is 15. The molecule has 4 aromatic rings. The van der Waals surface area contributed by atoms with E-state index in [1.165, 1.54) is 24.3 Å². The first kappa shape index (κ1) is 41.2. The lowest BCUT2D eigenvalue weighted by Crippen LogP contribution is -2.54. The predicted molar refractivity (Wildman–Crippen MR) is 214 cm³/mol. The Kier molecular flexibility index (Phi) is 12.8. The van der Waals surface area contributed by atoms with Crippen molar-refractivity contribution in [1.29, 1.82) is 0 Å². The number of nitrogens with zero attached hydrogens (tertiary/aromatic N) is 2. The molecule has 1 aliphatic carbocycles. The van der Waals surface area contributed by atoms with Crippen LogP contribution in [0.2, 0.25) is 5.02 Å². The number of hydrogen-bond acceptors (Lipinski definition) is 10. The van der Waals surface area contributed by atoms with E-state index in [1.807, 2.05) is 13.0 Å². The summed E-state index contributed by atoms with van der Waals surface area (Å²) >= 11 is 6.37. The SMILES string of the molecule is C[C@@H](C(=O)Nc1ccc(Cl)c(OCCOCCNC(=O)COc2cccc3c2C(=O)N(C2CCC(=O)NC2=O)C3=O)c1)C1CCC(c2ccnc3ccc(F)cc23)CC1. The Labute approximate surface area is 344 Å². The Morgan fingerprint density at radius 3 is 2.54 bits per heavy atom. The monoisotopic (exact) mass is 827 g/mol. The number of carbonyl (C=O) groups excluding carboxylic acids is 6. The molecule has 7 rings (SSSR count). The Hall–Kier alpha value is -5.93. The number of pyridine rings is 1. The van der Waals surface area contributed by atoms with Crippen molar-refractivity contribution in [1.82, 2.24) is 20.5 Å². The molecule has 3 aromatic carbocycles. The van der Waals surface area contributed by atoms with Crippen LogP contribution in [0.1, 0.15) is 77.6 Å². The molecule has 3 heterocycles. The maximum atomic E-state index is 14.0. The molecule has 6 amide bonds. The highest BCUT2D eigenvalue weighted by Gasteiger charge is 2.46. The molecule has 16 heteroatoms. The third kappa shape index (κ3) is 9.36. The molecule has 0 spiro atoms. The Morgan fingerprint density at radius 2 is 1.75 bits per heavy atom. The van der Waals surface area contributed by atoms with Gasteiger partial charge in [-0.2, -0.15) is 0 Å². The van der Waals surface area contributed by atoms with Gasteiger partial charge in [0.2, 0.25) is 17.7 Å². The summed E-state index contributed by atoms with van der Waals surface area (Å²) in [5.74, 6) is -2.83. The number of imide groups is 2. The van der Waals surface area contributed by atoms with Crippen LogP contribution in [0.25, 0.3) is 10.9 Å². The summed E-state index contributed by atoms with van der Waals surface area (Å²) in [6.07, 6.45) is 5.34. The largest absolute Gasteiger partial charge is 0.490 e. The Bertz CT molecular complexity index is 2300. The molecule has 3 N–H and O–H groups in total. The number of piperidine rings is 1. The van der Waals surface area contributed by atoms with E-state index in [-0.39, 0.29) is 85.6 Å². The van der Waals surface area contributed by atoms with Crippen LogP contribution in [0, 0.1) is 17.7 Å². The summed E-state index contributed by atoms with van der Waals surface area (Å²) < 4.78 is 31.0. The number of anilines is 1. The van der Waals surface area contributed by atoms with Crippen molar-refractivity contribution < 1.29 is 47.4 Å². The van der Waals surface area contributed by atoms with Crippen LogP contribution in [0.15, 0.2) is 66.9 Å². The standard InChI is InChI=1S/C43H43ClFN5O9/c1-24(25-5-7-26(8-6-25)29-15-16-46-33-12-9-27(45)21-31(29)33)40(53)48-28-10-11-32(44)36(22-28)58-20-19-57-18-17-47-38(52)23-59-35-4-2-3-30-39(35)43(56)50(42(30)55)34-13-14-37(51)49-41(34)54/h2-4,9-12,15-16,21-22,24-26,34H,5-8,13-14,17-20,23H2,1H3,(H,47,52)(H,48,53)(H,49,51,54)/t24-,25?,26?,34?/m1/s1. The zero-order chi connectivity index (χ0) is 41.6. The number of hydrogen-bond donors (Lipinski definition) is 3. The second kappa shape index (κ2) is 18.3. The van der Waals surface area contributed by atoms with Gasteiger partial charge in [0.05, 0.1) is 34.9 Å². The van der Waals surface area contributed by atoms with Crippen LogP contribution >= 0.6 is 11.6 Å². The highest BCUT2D eigenvalue weighted by molar-refractivity contribution is 6.32. The maximum Gasteiger partial charge on any atom is 0.266 e. The van der Waals surface area contributed by atoms with Gasteiger partial charge in [-0.3, -0.25) is 44.0 Å². The van der Waals surface area contributed by atoms with Crippen LogP contribution in [-0.2, 0) is 23.9 Å². The van der Waals surface area contributed by atoms with Gasteiger partial charge in [-0.15, -0.1) is 0 Å². The van der Waals surface area contributed by atoms with E-state index in [0.717, 1.165) is 47.0 Å². The first-order chi connectivity index (χ1) is 28.5. The van der Waals surface area contributed by atoms with Gasteiger partial charge in [-0.25, -0.2) is 4.39 Å². The quantitative estimate of drug-likeness (QED) is 0.101. The number of fused-ring (bicyclic) bond motifs is 2. The predicted octanol–water partition coefficient (Wildman–Crippen LogP) is 5.57. The minimum atomic E-state index is -1.12. The van der Waals surface area contributed by atoms with Gasteiger partial charge in [0.15, 0.2) is 6.61 Å². The molecule has 0 bridgehead atoms. The summed E-state index contributed by atoms with van der Waals surface area (Å²) in [5, 5.41) is 9.01. The first-order valence-corrected chi connectivity index (χ1v) is 20.0. The van der Waals surface area contributed by atoms with Crippen molar-refractivity contribution in [3.63, 3.8) is 0 Å². The van der Waals surface area contributed by atoms with E-state index in [0.29, 0.717) is 16.5 Å².